The van der Waals surface area contributed by atoms with Crippen molar-refractivity contribution < 1.29 is 14.4 Å². The third kappa shape index (κ3) is 2.39. The second-order valence-corrected chi connectivity index (χ2v) is 7.93. The minimum atomic E-state index is -4.19. The van der Waals surface area contributed by atoms with E-state index in [1.54, 1.807) is 19.9 Å². The summed E-state index contributed by atoms with van der Waals surface area (Å²) in [5.41, 5.74) is 0.644. The largest absolute Gasteiger partial charge is 0.335 e. The molecule has 0 saturated carbocycles. The van der Waals surface area contributed by atoms with Crippen LogP contribution in [0.25, 0.3) is 10.8 Å². The molecule has 2 rings (SSSR count). The third-order valence-corrected chi connectivity index (χ3v) is 5.44. The van der Waals surface area contributed by atoms with Crippen molar-refractivity contribution in [3.05, 3.63) is 46.4 Å². The van der Waals surface area contributed by atoms with Gasteiger partial charge in [-0.3, -0.25) is 4.57 Å². The number of hydrogen-bond donors (Lipinski definition) is 2. The maximum Gasteiger partial charge on any atom is 0.335 e. The van der Waals surface area contributed by atoms with Gasteiger partial charge in [0.05, 0.1) is 5.16 Å². The lowest BCUT2D eigenvalue weighted by Crippen LogP contribution is -2.17. The average Bonchev–Trinajstić information content (AvgIpc) is 2.26. The number of benzene rings is 2. The Morgan fingerprint density at radius 2 is 1.61 bits per heavy atom. The monoisotopic (exact) mass is 328 g/mol. The number of rotatable bonds is 2. The summed E-state index contributed by atoms with van der Waals surface area (Å²) < 4.78 is 12.5. The maximum absolute atomic E-state index is 11.5. The van der Waals surface area contributed by atoms with Crippen LogP contribution in [0.15, 0.2) is 40.9 Å². The summed E-state index contributed by atoms with van der Waals surface area (Å²) >= 11 is 3.40. The molecular weight excluding hydrogens is 315 g/mol. The molecule has 2 N–H and O–H groups in total. The summed E-state index contributed by atoms with van der Waals surface area (Å²) in [5, 5.41) is 0.834. The van der Waals surface area contributed by atoms with Crippen molar-refractivity contribution in [1.82, 2.24) is 0 Å². The fraction of sp³-hybridized carbons (Fsp3) is 0.231. The molecule has 0 radical (unpaired) electrons. The lowest BCUT2D eigenvalue weighted by Gasteiger charge is -2.26. The Bertz CT molecular complexity index is 646. The molecule has 0 spiro atoms. The predicted molar refractivity (Wildman–Crippen MR) is 76.7 cm³/mol. The van der Waals surface area contributed by atoms with Crippen LogP contribution in [0.2, 0.25) is 0 Å². The lowest BCUT2D eigenvalue weighted by atomic mass is 9.98. The molecule has 0 saturated heterocycles. The minimum absolute atomic E-state index is 0.644. The van der Waals surface area contributed by atoms with Gasteiger partial charge < -0.3 is 9.79 Å². The Hall–Kier alpha value is -0.670. The molecule has 5 heteroatoms. The van der Waals surface area contributed by atoms with Crippen LogP contribution in [0, 0.1) is 0 Å². The van der Waals surface area contributed by atoms with Gasteiger partial charge in [-0.1, -0.05) is 34.1 Å². The zero-order valence-corrected chi connectivity index (χ0v) is 12.6. The molecule has 0 aliphatic carbocycles. The van der Waals surface area contributed by atoms with Gasteiger partial charge >= 0.3 is 7.60 Å². The van der Waals surface area contributed by atoms with E-state index in [1.807, 2.05) is 30.3 Å². The van der Waals surface area contributed by atoms with Crippen LogP contribution in [0.4, 0.5) is 0 Å². The Kier molecular flexibility index (Phi) is 3.41. The van der Waals surface area contributed by atoms with Crippen molar-refractivity contribution in [1.29, 1.82) is 0 Å². The SMILES string of the molecule is CC(C)(c1ccc2cc(Br)ccc2c1)P(=O)(O)O. The van der Waals surface area contributed by atoms with E-state index in [0.29, 0.717) is 5.56 Å². The van der Waals surface area contributed by atoms with E-state index in [0.717, 1.165) is 15.2 Å². The zero-order valence-electron chi connectivity index (χ0n) is 10.1. The standard InChI is InChI=1S/C13H14BrO3P/c1-13(2,18(15,16)17)11-5-3-10-8-12(14)6-4-9(10)7-11/h3-8H,1-2H3,(H2,15,16,17). The van der Waals surface area contributed by atoms with E-state index in [4.69, 9.17) is 0 Å². The number of fused-ring (bicyclic) bond motifs is 1. The van der Waals surface area contributed by atoms with Crippen molar-refractivity contribution in [2.75, 3.05) is 0 Å². The molecule has 0 bridgehead atoms. The van der Waals surface area contributed by atoms with Gasteiger partial charge in [-0.2, -0.15) is 0 Å². The maximum atomic E-state index is 11.5. The van der Waals surface area contributed by atoms with Crippen molar-refractivity contribution in [2.24, 2.45) is 0 Å². The Morgan fingerprint density at radius 1 is 1.06 bits per heavy atom. The first-order chi connectivity index (χ1) is 8.22. The molecule has 3 nitrogen and oxygen atoms in total. The van der Waals surface area contributed by atoms with Gasteiger partial charge in [0.25, 0.3) is 0 Å². The third-order valence-electron chi connectivity index (χ3n) is 3.24. The first-order valence-corrected chi connectivity index (χ1v) is 7.88. The zero-order chi connectivity index (χ0) is 13.6. The van der Waals surface area contributed by atoms with Crippen LogP contribution < -0.4 is 0 Å². The first kappa shape index (κ1) is 13.8. The summed E-state index contributed by atoms with van der Waals surface area (Å²) in [7, 11) is -4.19. The van der Waals surface area contributed by atoms with Crippen molar-refractivity contribution in [3.63, 3.8) is 0 Å². The summed E-state index contributed by atoms with van der Waals surface area (Å²) in [6.07, 6.45) is 0. The van der Waals surface area contributed by atoms with Crippen LogP contribution in [0.1, 0.15) is 19.4 Å². The van der Waals surface area contributed by atoms with Crippen LogP contribution in [-0.2, 0) is 9.72 Å². The van der Waals surface area contributed by atoms with Gasteiger partial charge in [0.2, 0.25) is 0 Å². The van der Waals surface area contributed by atoms with Gasteiger partial charge in [0, 0.05) is 4.47 Å². The molecule has 18 heavy (non-hydrogen) atoms. The molecule has 0 amide bonds. The van der Waals surface area contributed by atoms with Crippen LogP contribution in [-0.4, -0.2) is 9.79 Å². The molecule has 0 heterocycles. The molecule has 0 atom stereocenters. The number of hydrogen-bond acceptors (Lipinski definition) is 1. The Balaban J connectivity index is 2.61. The molecule has 0 aromatic heterocycles. The smallest absolute Gasteiger partial charge is 0.324 e. The van der Waals surface area contributed by atoms with Gasteiger partial charge in [-0.15, -0.1) is 0 Å². The first-order valence-electron chi connectivity index (χ1n) is 5.47. The molecule has 2 aromatic rings. The van der Waals surface area contributed by atoms with Crippen LogP contribution in [0.3, 0.4) is 0 Å². The van der Waals surface area contributed by atoms with Crippen LogP contribution >= 0.6 is 23.5 Å². The van der Waals surface area contributed by atoms with E-state index < -0.39 is 12.8 Å². The summed E-state index contributed by atoms with van der Waals surface area (Å²) in [6, 6.07) is 11.3. The van der Waals surface area contributed by atoms with E-state index in [1.165, 1.54) is 0 Å². The van der Waals surface area contributed by atoms with Crippen LogP contribution in [0.5, 0.6) is 0 Å². The van der Waals surface area contributed by atoms with Crippen molar-refractivity contribution in [2.45, 2.75) is 19.0 Å². The van der Waals surface area contributed by atoms with Gasteiger partial charge in [-0.05, 0) is 48.4 Å². The van der Waals surface area contributed by atoms with Gasteiger partial charge in [0.1, 0.15) is 0 Å². The van der Waals surface area contributed by atoms with E-state index >= 15 is 0 Å². The summed E-state index contributed by atoms with van der Waals surface area (Å²) in [6.45, 7) is 3.13. The van der Waals surface area contributed by atoms with E-state index in [-0.39, 0.29) is 0 Å². The molecule has 0 fully saturated rings. The van der Waals surface area contributed by atoms with E-state index in [9.17, 15) is 14.4 Å². The highest BCUT2D eigenvalue weighted by molar-refractivity contribution is 9.10. The van der Waals surface area contributed by atoms with Gasteiger partial charge in [0.15, 0.2) is 0 Å². The fourth-order valence-corrected chi connectivity index (χ4v) is 2.62. The number of halogens is 1. The van der Waals surface area contributed by atoms with Crippen molar-refractivity contribution >= 4 is 34.3 Å². The molecule has 96 valence electrons. The second kappa shape index (κ2) is 4.46. The Morgan fingerprint density at radius 3 is 2.22 bits per heavy atom. The second-order valence-electron chi connectivity index (χ2n) is 4.81. The van der Waals surface area contributed by atoms with E-state index in [2.05, 4.69) is 15.9 Å². The highest BCUT2D eigenvalue weighted by atomic mass is 79.9. The minimum Gasteiger partial charge on any atom is -0.324 e. The average molecular weight is 329 g/mol. The Labute approximate surface area is 114 Å². The predicted octanol–water partition coefficient (Wildman–Crippen LogP) is 4.02. The molecule has 0 aliphatic rings. The topological polar surface area (TPSA) is 57.5 Å². The molecular formula is C13H14BrO3P. The molecule has 2 aromatic carbocycles. The molecule has 0 aliphatic heterocycles. The summed E-state index contributed by atoms with van der Waals surface area (Å²) in [4.78, 5) is 18.8. The summed E-state index contributed by atoms with van der Waals surface area (Å²) in [5.74, 6) is 0. The highest BCUT2D eigenvalue weighted by Gasteiger charge is 2.39. The highest BCUT2D eigenvalue weighted by Crippen LogP contribution is 2.56. The van der Waals surface area contributed by atoms with Crippen molar-refractivity contribution in [3.8, 4) is 0 Å². The lowest BCUT2D eigenvalue weighted by molar-refractivity contribution is 0.338. The molecule has 0 unspecified atom stereocenters. The van der Waals surface area contributed by atoms with Gasteiger partial charge in [-0.25, -0.2) is 0 Å². The fourth-order valence-electron chi connectivity index (χ4n) is 1.77. The quantitative estimate of drug-likeness (QED) is 0.819. The normalized spacial score (nSPS) is 12.9.